The number of benzene rings is 2. The summed E-state index contributed by atoms with van der Waals surface area (Å²) in [5.41, 5.74) is 2.52. The Labute approximate surface area is 164 Å². The highest BCUT2D eigenvalue weighted by Crippen LogP contribution is 2.29. The number of ether oxygens (including phenoxy) is 2. The van der Waals surface area contributed by atoms with Gasteiger partial charge in [0, 0.05) is 0 Å². The third kappa shape index (κ3) is 4.03. The van der Waals surface area contributed by atoms with Crippen molar-refractivity contribution in [2.45, 2.75) is 31.9 Å². The minimum Gasteiger partial charge on any atom is -0.497 e. The fourth-order valence-corrected chi connectivity index (χ4v) is 3.54. The molecule has 1 aromatic heterocycles. The van der Waals surface area contributed by atoms with Crippen LogP contribution >= 0.6 is 0 Å². The lowest BCUT2D eigenvalue weighted by molar-refractivity contribution is 0.0900. The quantitative estimate of drug-likeness (QED) is 0.678. The molecule has 1 heterocycles. The average molecular weight is 377 g/mol. The van der Waals surface area contributed by atoms with Gasteiger partial charge in [-0.1, -0.05) is 24.3 Å². The minimum absolute atomic E-state index is 0.0292. The monoisotopic (exact) mass is 377 g/mol. The highest BCUT2D eigenvalue weighted by atomic mass is 16.5. The zero-order valence-electron chi connectivity index (χ0n) is 15.8. The third-order valence-electron chi connectivity index (χ3n) is 5.00. The van der Waals surface area contributed by atoms with Crippen LogP contribution in [0.4, 0.5) is 0 Å². The lowest BCUT2D eigenvalue weighted by Crippen LogP contribution is -2.30. The van der Waals surface area contributed by atoms with E-state index in [0.29, 0.717) is 17.3 Å². The van der Waals surface area contributed by atoms with E-state index in [9.17, 15) is 4.79 Å². The van der Waals surface area contributed by atoms with Gasteiger partial charge in [0.2, 0.25) is 0 Å². The van der Waals surface area contributed by atoms with Crippen molar-refractivity contribution in [1.82, 2.24) is 5.32 Å². The number of hydrogen-bond acceptors (Lipinski definition) is 4. The van der Waals surface area contributed by atoms with E-state index in [1.165, 1.54) is 11.1 Å². The molecule has 144 valence electrons. The SMILES string of the molecule is COc1ccc(OCc2ccc(C(=O)NC3CCCc4ccccc43)o2)cc1. The van der Waals surface area contributed by atoms with Crippen molar-refractivity contribution in [2.75, 3.05) is 7.11 Å². The molecule has 0 radical (unpaired) electrons. The van der Waals surface area contributed by atoms with E-state index in [0.717, 1.165) is 25.0 Å². The largest absolute Gasteiger partial charge is 0.497 e. The molecule has 1 unspecified atom stereocenters. The van der Waals surface area contributed by atoms with Gasteiger partial charge in [0.05, 0.1) is 13.2 Å². The van der Waals surface area contributed by atoms with E-state index in [2.05, 4.69) is 17.4 Å². The number of rotatable bonds is 6. The van der Waals surface area contributed by atoms with Crippen molar-refractivity contribution in [3.8, 4) is 11.5 Å². The Morgan fingerprint density at radius 2 is 1.86 bits per heavy atom. The van der Waals surface area contributed by atoms with Crippen molar-refractivity contribution in [1.29, 1.82) is 0 Å². The van der Waals surface area contributed by atoms with Crippen molar-refractivity contribution in [3.63, 3.8) is 0 Å². The number of aryl methyl sites for hydroxylation is 1. The van der Waals surface area contributed by atoms with E-state index in [4.69, 9.17) is 13.9 Å². The number of carbonyl (C=O) groups excluding carboxylic acids is 1. The van der Waals surface area contributed by atoms with Gasteiger partial charge in [-0.15, -0.1) is 0 Å². The second-order valence-corrected chi connectivity index (χ2v) is 6.85. The molecule has 0 fully saturated rings. The summed E-state index contributed by atoms with van der Waals surface area (Å²) >= 11 is 0. The Morgan fingerprint density at radius 3 is 2.68 bits per heavy atom. The minimum atomic E-state index is -0.197. The third-order valence-corrected chi connectivity index (χ3v) is 5.00. The molecule has 1 atom stereocenters. The smallest absolute Gasteiger partial charge is 0.287 e. The highest BCUT2D eigenvalue weighted by molar-refractivity contribution is 5.91. The predicted molar refractivity (Wildman–Crippen MR) is 106 cm³/mol. The van der Waals surface area contributed by atoms with E-state index in [1.807, 2.05) is 36.4 Å². The number of fused-ring (bicyclic) bond motifs is 1. The highest BCUT2D eigenvalue weighted by Gasteiger charge is 2.23. The molecule has 0 saturated carbocycles. The van der Waals surface area contributed by atoms with Crippen LogP contribution in [0.25, 0.3) is 0 Å². The summed E-state index contributed by atoms with van der Waals surface area (Å²) in [5, 5.41) is 3.10. The Hall–Kier alpha value is -3.21. The zero-order valence-corrected chi connectivity index (χ0v) is 15.8. The second-order valence-electron chi connectivity index (χ2n) is 6.85. The molecule has 28 heavy (non-hydrogen) atoms. The molecule has 0 aliphatic heterocycles. The van der Waals surface area contributed by atoms with Crippen LogP contribution in [0.15, 0.2) is 65.1 Å². The van der Waals surface area contributed by atoms with Crippen LogP contribution in [-0.2, 0) is 13.0 Å². The standard InChI is InChI=1S/C23H23NO4/c1-26-17-9-11-18(12-10-17)27-15-19-13-14-22(28-19)23(25)24-21-8-4-6-16-5-2-3-7-20(16)21/h2-3,5,7,9-14,21H,4,6,8,15H2,1H3,(H,24,25). The first-order valence-corrected chi connectivity index (χ1v) is 9.47. The zero-order chi connectivity index (χ0) is 19.3. The summed E-state index contributed by atoms with van der Waals surface area (Å²) in [4.78, 5) is 12.6. The number of hydrogen-bond donors (Lipinski definition) is 1. The molecule has 2 aromatic carbocycles. The van der Waals surface area contributed by atoms with Crippen molar-refractivity contribution in [2.24, 2.45) is 0 Å². The predicted octanol–water partition coefficient (Wildman–Crippen LogP) is 4.67. The van der Waals surface area contributed by atoms with Crippen LogP contribution in [0.2, 0.25) is 0 Å². The summed E-state index contributed by atoms with van der Waals surface area (Å²) in [6, 6.07) is 19.1. The molecule has 0 saturated heterocycles. The Morgan fingerprint density at radius 1 is 1.07 bits per heavy atom. The van der Waals surface area contributed by atoms with Gasteiger partial charge in [0.25, 0.3) is 5.91 Å². The van der Waals surface area contributed by atoms with Gasteiger partial charge < -0.3 is 19.2 Å². The Kier molecular flexibility index (Phi) is 5.33. The number of nitrogens with one attached hydrogen (secondary N) is 1. The van der Waals surface area contributed by atoms with Crippen LogP contribution in [0.3, 0.4) is 0 Å². The summed E-state index contributed by atoms with van der Waals surface area (Å²) in [5.74, 6) is 2.19. The first kappa shape index (κ1) is 18.2. The van der Waals surface area contributed by atoms with Gasteiger partial charge in [0.15, 0.2) is 5.76 Å². The van der Waals surface area contributed by atoms with Crippen molar-refractivity contribution < 1.29 is 18.7 Å². The fraction of sp³-hybridized carbons (Fsp3) is 0.261. The van der Waals surface area contributed by atoms with Gasteiger partial charge in [0.1, 0.15) is 23.9 Å². The molecule has 1 N–H and O–H groups in total. The number of methoxy groups -OCH3 is 1. The number of furan rings is 1. The molecule has 5 heteroatoms. The maximum absolute atomic E-state index is 12.6. The van der Waals surface area contributed by atoms with Crippen molar-refractivity contribution >= 4 is 5.91 Å². The molecule has 1 aliphatic rings. The first-order chi connectivity index (χ1) is 13.7. The van der Waals surface area contributed by atoms with Crippen molar-refractivity contribution in [3.05, 3.63) is 83.3 Å². The van der Waals surface area contributed by atoms with Gasteiger partial charge in [-0.25, -0.2) is 0 Å². The normalized spacial score (nSPS) is 15.5. The summed E-state index contributed by atoms with van der Waals surface area (Å²) in [6.07, 6.45) is 3.08. The molecule has 5 nitrogen and oxygen atoms in total. The summed E-state index contributed by atoms with van der Waals surface area (Å²) in [6.45, 7) is 0.256. The molecular weight excluding hydrogens is 354 g/mol. The first-order valence-electron chi connectivity index (χ1n) is 9.47. The number of carbonyl (C=O) groups is 1. The molecule has 1 aliphatic carbocycles. The summed E-state index contributed by atoms with van der Waals surface area (Å²) < 4.78 is 16.5. The molecule has 3 aromatic rings. The van der Waals surface area contributed by atoms with E-state index >= 15 is 0 Å². The van der Waals surface area contributed by atoms with Crippen LogP contribution < -0.4 is 14.8 Å². The topological polar surface area (TPSA) is 60.7 Å². The molecule has 1 amide bonds. The van der Waals surface area contributed by atoms with Crippen LogP contribution in [0.1, 0.15) is 46.3 Å². The van der Waals surface area contributed by atoms with Gasteiger partial charge >= 0.3 is 0 Å². The lowest BCUT2D eigenvalue weighted by atomic mass is 9.88. The molecule has 0 spiro atoms. The fourth-order valence-electron chi connectivity index (χ4n) is 3.54. The average Bonchev–Trinajstić information content (AvgIpc) is 3.22. The van der Waals surface area contributed by atoms with Crippen LogP contribution in [-0.4, -0.2) is 13.0 Å². The van der Waals surface area contributed by atoms with E-state index in [1.54, 1.807) is 19.2 Å². The van der Waals surface area contributed by atoms with E-state index < -0.39 is 0 Å². The maximum Gasteiger partial charge on any atom is 0.287 e. The van der Waals surface area contributed by atoms with Crippen LogP contribution in [0.5, 0.6) is 11.5 Å². The van der Waals surface area contributed by atoms with E-state index in [-0.39, 0.29) is 18.6 Å². The Balaban J connectivity index is 1.37. The molecule has 0 bridgehead atoms. The van der Waals surface area contributed by atoms with Gasteiger partial charge in [-0.2, -0.15) is 0 Å². The Bertz CT molecular complexity index is 945. The lowest BCUT2D eigenvalue weighted by Gasteiger charge is -2.25. The molecular formula is C23H23NO4. The second kappa shape index (κ2) is 8.21. The van der Waals surface area contributed by atoms with Crippen LogP contribution in [0, 0.1) is 0 Å². The number of amides is 1. The summed E-state index contributed by atoms with van der Waals surface area (Å²) in [7, 11) is 1.62. The maximum atomic E-state index is 12.6. The van der Waals surface area contributed by atoms with Gasteiger partial charge in [-0.3, -0.25) is 4.79 Å². The van der Waals surface area contributed by atoms with Gasteiger partial charge in [-0.05, 0) is 66.8 Å². The molecule has 4 rings (SSSR count).